The Bertz CT molecular complexity index is 443. The van der Waals surface area contributed by atoms with Gasteiger partial charge in [-0.2, -0.15) is 13.2 Å². The van der Waals surface area contributed by atoms with Crippen molar-refractivity contribution in [1.29, 1.82) is 0 Å². The highest BCUT2D eigenvalue weighted by molar-refractivity contribution is 5.76. The summed E-state index contributed by atoms with van der Waals surface area (Å²) in [6.07, 6.45) is -3.74. The Morgan fingerprint density at radius 2 is 1.90 bits per heavy atom. The molecule has 0 aliphatic heterocycles. The minimum absolute atomic E-state index is 0.0849. The maximum atomic E-state index is 11.9. The summed E-state index contributed by atoms with van der Waals surface area (Å²) in [6.45, 7) is 2.34. The summed E-state index contributed by atoms with van der Waals surface area (Å²) >= 11 is 0. The zero-order valence-corrected chi connectivity index (χ0v) is 12.2. The van der Waals surface area contributed by atoms with Crippen molar-refractivity contribution in [2.24, 2.45) is 0 Å². The number of alkyl halides is 3. The van der Waals surface area contributed by atoms with Crippen LogP contribution in [0, 0.1) is 6.92 Å². The van der Waals surface area contributed by atoms with E-state index < -0.39 is 12.8 Å². The van der Waals surface area contributed by atoms with E-state index in [0.717, 1.165) is 11.1 Å². The molecule has 6 heteroatoms. The third kappa shape index (κ3) is 7.13. The third-order valence-corrected chi connectivity index (χ3v) is 2.96. The van der Waals surface area contributed by atoms with Gasteiger partial charge < -0.3 is 10.1 Å². The van der Waals surface area contributed by atoms with Crippen molar-refractivity contribution < 1.29 is 22.7 Å². The molecule has 0 heterocycles. The van der Waals surface area contributed by atoms with E-state index >= 15 is 0 Å². The van der Waals surface area contributed by atoms with Gasteiger partial charge in [-0.25, -0.2) is 0 Å². The number of halogens is 3. The molecule has 0 aliphatic carbocycles. The van der Waals surface area contributed by atoms with Crippen molar-refractivity contribution >= 4 is 5.91 Å². The van der Waals surface area contributed by atoms with Gasteiger partial charge in [-0.3, -0.25) is 4.79 Å². The van der Waals surface area contributed by atoms with Gasteiger partial charge >= 0.3 is 6.18 Å². The van der Waals surface area contributed by atoms with Gasteiger partial charge in [-0.1, -0.05) is 36.8 Å². The molecular weight excluding hydrogens is 283 g/mol. The molecule has 118 valence electrons. The minimum atomic E-state index is -4.36. The van der Waals surface area contributed by atoms with Crippen LogP contribution in [0.4, 0.5) is 13.2 Å². The molecule has 1 aromatic rings. The van der Waals surface area contributed by atoms with Gasteiger partial charge in [-0.15, -0.1) is 0 Å². The van der Waals surface area contributed by atoms with Crippen LogP contribution >= 0.6 is 0 Å². The van der Waals surface area contributed by atoms with Gasteiger partial charge in [0.1, 0.15) is 6.61 Å². The van der Waals surface area contributed by atoms with E-state index in [1.165, 1.54) is 0 Å². The molecule has 1 unspecified atom stereocenters. The Hall–Kier alpha value is -1.56. The highest BCUT2D eigenvalue weighted by Gasteiger charge is 2.27. The summed E-state index contributed by atoms with van der Waals surface area (Å²) in [5.74, 6) is -0.315. The second-order valence-corrected chi connectivity index (χ2v) is 4.86. The average molecular weight is 303 g/mol. The summed E-state index contributed by atoms with van der Waals surface area (Å²) in [5, 5.41) is 2.80. The predicted octanol–water partition coefficient (Wildman–Crippen LogP) is 3.53. The number of rotatable bonds is 7. The van der Waals surface area contributed by atoms with Crippen LogP contribution < -0.4 is 5.32 Å². The number of amides is 1. The Labute approximate surface area is 122 Å². The van der Waals surface area contributed by atoms with Gasteiger partial charge in [0.2, 0.25) is 5.91 Å². The fourth-order valence-corrected chi connectivity index (χ4v) is 1.84. The molecule has 0 aliphatic rings. The third-order valence-electron chi connectivity index (χ3n) is 2.96. The predicted molar refractivity (Wildman–Crippen MR) is 73.8 cm³/mol. The van der Waals surface area contributed by atoms with Crippen LogP contribution in [0.5, 0.6) is 0 Å². The lowest BCUT2D eigenvalue weighted by Crippen LogP contribution is -2.29. The average Bonchev–Trinajstić information content (AvgIpc) is 2.41. The van der Waals surface area contributed by atoms with Crippen molar-refractivity contribution in [3.05, 3.63) is 35.4 Å². The molecular formula is C15H20F3NO2. The molecule has 1 atom stereocenters. The zero-order valence-electron chi connectivity index (χ0n) is 12.2. The summed E-state index contributed by atoms with van der Waals surface area (Å²) in [6, 6.07) is 7.64. The van der Waals surface area contributed by atoms with Crippen molar-refractivity contribution in [3.63, 3.8) is 0 Å². The maximum absolute atomic E-state index is 11.9. The first-order chi connectivity index (χ1) is 9.81. The summed E-state index contributed by atoms with van der Waals surface area (Å²) in [4.78, 5) is 11.7. The number of hydrogen-bond acceptors (Lipinski definition) is 2. The summed E-state index contributed by atoms with van der Waals surface area (Å²) in [5.41, 5.74) is 2.10. The molecule has 1 rings (SSSR count). The molecule has 0 saturated carbocycles. The first kappa shape index (κ1) is 17.5. The van der Waals surface area contributed by atoms with E-state index in [2.05, 4.69) is 10.1 Å². The van der Waals surface area contributed by atoms with E-state index in [1.54, 1.807) is 0 Å². The quantitative estimate of drug-likeness (QED) is 0.783. The second-order valence-electron chi connectivity index (χ2n) is 4.86. The number of aryl methyl sites for hydroxylation is 1. The van der Waals surface area contributed by atoms with Crippen molar-refractivity contribution in [3.8, 4) is 0 Å². The molecule has 21 heavy (non-hydrogen) atoms. The Morgan fingerprint density at radius 1 is 1.29 bits per heavy atom. The fourth-order valence-electron chi connectivity index (χ4n) is 1.84. The van der Waals surface area contributed by atoms with E-state index in [1.807, 2.05) is 38.1 Å². The zero-order chi connectivity index (χ0) is 15.9. The lowest BCUT2D eigenvalue weighted by Gasteiger charge is -2.18. The first-order valence-electron chi connectivity index (χ1n) is 6.82. The molecule has 3 nitrogen and oxygen atoms in total. The van der Waals surface area contributed by atoms with Crippen LogP contribution in [0.3, 0.4) is 0 Å². The van der Waals surface area contributed by atoms with Crippen molar-refractivity contribution in [1.82, 2.24) is 5.32 Å². The van der Waals surface area contributed by atoms with Crippen LogP contribution in [0.1, 0.15) is 36.9 Å². The van der Waals surface area contributed by atoms with E-state index in [9.17, 15) is 18.0 Å². The van der Waals surface area contributed by atoms with Gasteiger partial charge in [0.15, 0.2) is 0 Å². The molecule has 0 radical (unpaired) electrons. The highest BCUT2D eigenvalue weighted by Crippen LogP contribution is 2.17. The SMILES string of the molecule is CCC(NC(=O)CCOCC(F)(F)F)c1ccc(C)cc1. The van der Waals surface area contributed by atoms with Crippen molar-refractivity contribution in [2.75, 3.05) is 13.2 Å². The number of ether oxygens (including phenoxy) is 1. The van der Waals surface area contributed by atoms with Crippen LogP contribution in [0.2, 0.25) is 0 Å². The number of hydrogen-bond donors (Lipinski definition) is 1. The van der Waals surface area contributed by atoms with Crippen LogP contribution in [0.25, 0.3) is 0 Å². The highest BCUT2D eigenvalue weighted by atomic mass is 19.4. The normalized spacial score (nSPS) is 13.0. The number of nitrogens with one attached hydrogen (secondary N) is 1. The van der Waals surface area contributed by atoms with Gasteiger partial charge in [0.25, 0.3) is 0 Å². The Morgan fingerprint density at radius 3 is 2.43 bits per heavy atom. The largest absolute Gasteiger partial charge is 0.411 e. The van der Waals surface area contributed by atoms with Crippen LogP contribution in [0.15, 0.2) is 24.3 Å². The number of carbonyl (C=O) groups excluding carboxylic acids is 1. The monoisotopic (exact) mass is 303 g/mol. The van der Waals surface area contributed by atoms with E-state index in [-0.39, 0.29) is 25.0 Å². The van der Waals surface area contributed by atoms with E-state index in [0.29, 0.717) is 6.42 Å². The van der Waals surface area contributed by atoms with E-state index in [4.69, 9.17) is 0 Å². The summed E-state index contributed by atoms with van der Waals surface area (Å²) in [7, 11) is 0. The molecule has 0 saturated heterocycles. The standard InChI is InChI=1S/C15H20F3NO2/c1-3-13(12-6-4-11(2)5-7-12)19-14(20)8-9-21-10-15(16,17)18/h4-7,13H,3,8-10H2,1-2H3,(H,19,20). The Balaban J connectivity index is 2.39. The molecule has 0 bridgehead atoms. The second kappa shape index (κ2) is 8.02. The lowest BCUT2D eigenvalue weighted by molar-refractivity contribution is -0.174. The fraction of sp³-hybridized carbons (Fsp3) is 0.533. The van der Waals surface area contributed by atoms with Gasteiger partial charge in [0.05, 0.1) is 12.6 Å². The van der Waals surface area contributed by atoms with Crippen LogP contribution in [-0.4, -0.2) is 25.3 Å². The Kier molecular flexibility index (Phi) is 6.68. The number of carbonyl (C=O) groups is 1. The van der Waals surface area contributed by atoms with Gasteiger partial charge in [-0.05, 0) is 18.9 Å². The van der Waals surface area contributed by atoms with Crippen molar-refractivity contribution in [2.45, 2.75) is 38.9 Å². The lowest BCUT2D eigenvalue weighted by atomic mass is 10.0. The topological polar surface area (TPSA) is 38.3 Å². The molecule has 0 spiro atoms. The number of benzene rings is 1. The smallest absolute Gasteiger partial charge is 0.372 e. The van der Waals surface area contributed by atoms with Crippen LogP contribution in [-0.2, 0) is 9.53 Å². The molecule has 0 aromatic heterocycles. The molecule has 0 fully saturated rings. The van der Waals surface area contributed by atoms with Gasteiger partial charge in [0, 0.05) is 6.42 Å². The summed E-state index contributed by atoms with van der Waals surface area (Å²) < 4.78 is 40.0. The minimum Gasteiger partial charge on any atom is -0.372 e. The first-order valence-corrected chi connectivity index (χ1v) is 6.82. The molecule has 1 aromatic carbocycles. The maximum Gasteiger partial charge on any atom is 0.411 e. The molecule has 1 N–H and O–H groups in total. The molecule has 1 amide bonds.